The van der Waals surface area contributed by atoms with Crippen molar-refractivity contribution in [2.45, 2.75) is 24.5 Å². The van der Waals surface area contributed by atoms with Crippen molar-refractivity contribution in [2.24, 2.45) is 5.73 Å². The summed E-state index contributed by atoms with van der Waals surface area (Å²) >= 11 is 0. The Balaban J connectivity index is 2.16. The van der Waals surface area contributed by atoms with E-state index in [4.69, 9.17) is 10.5 Å². The lowest BCUT2D eigenvalue weighted by molar-refractivity contribution is -0.0790. The molecule has 1 aliphatic rings. The van der Waals surface area contributed by atoms with Crippen LogP contribution in [0, 0.1) is 0 Å². The summed E-state index contributed by atoms with van der Waals surface area (Å²) in [6, 6.07) is 9.43. The Labute approximate surface area is 89.9 Å². The van der Waals surface area contributed by atoms with Gasteiger partial charge in [0.25, 0.3) is 0 Å². The molecule has 0 aliphatic carbocycles. The van der Waals surface area contributed by atoms with Gasteiger partial charge in [0, 0.05) is 26.1 Å². The fraction of sp³-hybridized carbons (Fsp3) is 0.500. The Morgan fingerprint density at radius 2 is 1.80 bits per heavy atom. The van der Waals surface area contributed by atoms with Crippen molar-refractivity contribution in [2.75, 3.05) is 13.2 Å². The zero-order valence-corrected chi connectivity index (χ0v) is 8.73. The lowest BCUT2D eigenvalue weighted by Gasteiger charge is -2.37. The van der Waals surface area contributed by atoms with Crippen LogP contribution in [0.4, 0.5) is 0 Å². The molecule has 15 heavy (non-hydrogen) atoms. The van der Waals surface area contributed by atoms with Crippen LogP contribution in [0.2, 0.25) is 0 Å². The van der Waals surface area contributed by atoms with Crippen molar-refractivity contribution in [3.05, 3.63) is 35.9 Å². The van der Waals surface area contributed by atoms with Crippen LogP contribution in [0.3, 0.4) is 0 Å². The number of nitrogens with two attached hydrogens (primary N) is 1. The summed E-state index contributed by atoms with van der Waals surface area (Å²) in [5.74, 6) is 0. The average molecular weight is 207 g/mol. The van der Waals surface area contributed by atoms with Gasteiger partial charge in [0.15, 0.2) is 0 Å². The van der Waals surface area contributed by atoms with E-state index in [1.165, 1.54) is 0 Å². The van der Waals surface area contributed by atoms with E-state index in [1.54, 1.807) is 0 Å². The van der Waals surface area contributed by atoms with Crippen LogP contribution in [-0.4, -0.2) is 23.9 Å². The lowest BCUT2D eigenvalue weighted by atomic mass is 9.83. The number of hydrogen-bond acceptors (Lipinski definition) is 3. The molecule has 1 saturated heterocycles. The molecule has 1 atom stereocenters. The minimum atomic E-state index is -0.806. The quantitative estimate of drug-likeness (QED) is 0.767. The van der Waals surface area contributed by atoms with Gasteiger partial charge >= 0.3 is 0 Å². The van der Waals surface area contributed by atoms with Gasteiger partial charge in [-0.1, -0.05) is 30.3 Å². The van der Waals surface area contributed by atoms with Gasteiger partial charge in [-0.25, -0.2) is 0 Å². The zero-order valence-electron chi connectivity index (χ0n) is 8.73. The fourth-order valence-electron chi connectivity index (χ4n) is 2.01. The number of benzene rings is 1. The summed E-state index contributed by atoms with van der Waals surface area (Å²) in [7, 11) is 0. The van der Waals surface area contributed by atoms with Gasteiger partial charge in [-0.05, 0) is 5.56 Å². The predicted molar refractivity (Wildman–Crippen MR) is 58.4 cm³/mol. The van der Waals surface area contributed by atoms with Gasteiger partial charge in [0.05, 0.1) is 11.6 Å². The number of ether oxygens (including phenoxy) is 1. The molecular weight excluding hydrogens is 190 g/mol. The van der Waals surface area contributed by atoms with Crippen LogP contribution in [0.1, 0.15) is 24.4 Å². The molecule has 1 heterocycles. The maximum atomic E-state index is 10.4. The Bertz CT molecular complexity index is 307. The summed E-state index contributed by atoms with van der Waals surface area (Å²) in [6.45, 7) is 1.19. The topological polar surface area (TPSA) is 55.5 Å². The van der Waals surface area contributed by atoms with Crippen molar-refractivity contribution in [1.82, 2.24) is 0 Å². The highest BCUT2D eigenvalue weighted by molar-refractivity contribution is 5.21. The van der Waals surface area contributed by atoms with Crippen molar-refractivity contribution in [3.8, 4) is 0 Å². The lowest BCUT2D eigenvalue weighted by Crippen LogP contribution is -2.45. The Hall–Kier alpha value is -0.900. The van der Waals surface area contributed by atoms with E-state index in [1.807, 2.05) is 30.3 Å². The van der Waals surface area contributed by atoms with E-state index >= 15 is 0 Å². The summed E-state index contributed by atoms with van der Waals surface area (Å²) in [6.07, 6.45) is 1.23. The Kier molecular flexibility index (Phi) is 3.05. The molecule has 0 radical (unpaired) electrons. The van der Waals surface area contributed by atoms with Crippen molar-refractivity contribution >= 4 is 0 Å². The van der Waals surface area contributed by atoms with E-state index in [9.17, 15) is 5.11 Å². The number of rotatable bonds is 2. The molecule has 3 N–H and O–H groups in total. The molecule has 0 bridgehead atoms. The van der Waals surface area contributed by atoms with Gasteiger partial charge < -0.3 is 15.6 Å². The largest absolute Gasteiger partial charge is 0.388 e. The van der Waals surface area contributed by atoms with Crippen LogP contribution in [-0.2, 0) is 4.74 Å². The molecule has 0 amide bonds. The summed E-state index contributed by atoms with van der Waals surface area (Å²) in [5.41, 5.74) is 6.28. The SMILES string of the molecule is N[C@H](c1ccccc1)C1(O)CCOCC1. The van der Waals surface area contributed by atoms with Crippen molar-refractivity contribution < 1.29 is 9.84 Å². The minimum absolute atomic E-state index is 0.317. The van der Waals surface area contributed by atoms with E-state index in [2.05, 4.69) is 0 Å². The van der Waals surface area contributed by atoms with Crippen LogP contribution in [0.5, 0.6) is 0 Å². The average Bonchev–Trinajstić information content (AvgIpc) is 2.30. The van der Waals surface area contributed by atoms with Crippen LogP contribution in [0.25, 0.3) is 0 Å². The summed E-state index contributed by atoms with van der Waals surface area (Å²) in [4.78, 5) is 0. The second-order valence-electron chi connectivity index (χ2n) is 4.10. The number of aliphatic hydroxyl groups is 1. The molecule has 1 aromatic rings. The first kappa shape index (κ1) is 10.6. The van der Waals surface area contributed by atoms with Crippen LogP contribution < -0.4 is 5.73 Å². The minimum Gasteiger partial charge on any atom is -0.388 e. The molecule has 0 aromatic heterocycles. The summed E-state index contributed by atoms with van der Waals surface area (Å²) < 4.78 is 5.24. The second-order valence-corrected chi connectivity index (χ2v) is 4.10. The molecule has 1 aliphatic heterocycles. The molecule has 0 unspecified atom stereocenters. The maximum absolute atomic E-state index is 10.4. The molecule has 3 nitrogen and oxygen atoms in total. The number of hydrogen-bond donors (Lipinski definition) is 2. The van der Waals surface area contributed by atoms with E-state index < -0.39 is 5.60 Å². The van der Waals surface area contributed by atoms with Gasteiger partial charge in [0.1, 0.15) is 0 Å². The smallest absolute Gasteiger partial charge is 0.0883 e. The van der Waals surface area contributed by atoms with Gasteiger partial charge in [-0.2, -0.15) is 0 Å². The highest BCUT2D eigenvalue weighted by Crippen LogP contribution is 2.32. The van der Waals surface area contributed by atoms with Crippen molar-refractivity contribution in [3.63, 3.8) is 0 Å². The summed E-state index contributed by atoms with van der Waals surface area (Å²) in [5, 5.41) is 10.4. The highest BCUT2D eigenvalue weighted by atomic mass is 16.5. The van der Waals surface area contributed by atoms with Crippen LogP contribution in [0.15, 0.2) is 30.3 Å². The third-order valence-electron chi connectivity index (χ3n) is 3.10. The highest BCUT2D eigenvalue weighted by Gasteiger charge is 2.36. The monoisotopic (exact) mass is 207 g/mol. The third kappa shape index (κ3) is 2.20. The van der Waals surface area contributed by atoms with Gasteiger partial charge in [-0.15, -0.1) is 0 Å². The second kappa shape index (κ2) is 4.31. The maximum Gasteiger partial charge on any atom is 0.0883 e. The fourth-order valence-corrected chi connectivity index (χ4v) is 2.01. The third-order valence-corrected chi connectivity index (χ3v) is 3.10. The van der Waals surface area contributed by atoms with E-state index in [-0.39, 0.29) is 6.04 Å². The van der Waals surface area contributed by atoms with E-state index in [0.717, 1.165) is 5.56 Å². The first-order chi connectivity index (χ1) is 7.22. The Morgan fingerprint density at radius 3 is 2.40 bits per heavy atom. The first-order valence-corrected chi connectivity index (χ1v) is 5.33. The van der Waals surface area contributed by atoms with Crippen LogP contribution >= 0.6 is 0 Å². The molecular formula is C12H17NO2. The zero-order chi connectivity index (χ0) is 10.7. The van der Waals surface area contributed by atoms with Gasteiger partial charge in [-0.3, -0.25) is 0 Å². The Morgan fingerprint density at radius 1 is 1.20 bits per heavy atom. The van der Waals surface area contributed by atoms with Crippen molar-refractivity contribution in [1.29, 1.82) is 0 Å². The molecule has 82 valence electrons. The molecule has 0 spiro atoms. The molecule has 1 aromatic carbocycles. The molecule has 2 rings (SSSR count). The van der Waals surface area contributed by atoms with E-state index in [0.29, 0.717) is 26.1 Å². The standard InChI is InChI=1S/C12H17NO2/c13-11(10-4-2-1-3-5-10)12(14)6-8-15-9-7-12/h1-5,11,14H,6-9,13H2/t11-/m1/s1. The molecule has 3 heteroatoms. The molecule has 0 saturated carbocycles. The molecule has 1 fully saturated rings. The van der Waals surface area contributed by atoms with Gasteiger partial charge in [0.2, 0.25) is 0 Å². The predicted octanol–water partition coefficient (Wildman–Crippen LogP) is 1.23. The normalized spacial score (nSPS) is 22.3. The first-order valence-electron chi connectivity index (χ1n) is 5.33.